The second kappa shape index (κ2) is 7.47. The largest absolute Gasteiger partial charge is 0.335 e. The number of hydrogen-bond donors (Lipinski definition) is 0. The van der Waals surface area contributed by atoms with Gasteiger partial charge in [0, 0.05) is 30.8 Å². The number of benzene rings is 2. The van der Waals surface area contributed by atoms with E-state index in [0.29, 0.717) is 23.2 Å². The van der Waals surface area contributed by atoms with Crippen LogP contribution in [0.1, 0.15) is 41.4 Å². The molecule has 154 valence electrons. The first-order valence-electron chi connectivity index (χ1n) is 9.14. The summed E-state index contributed by atoms with van der Waals surface area (Å²) < 4.78 is 25.5. The zero-order valence-electron chi connectivity index (χ0n) is 16.7. The first-order chi connectivity index (χ1) is 13.5. The molecule has 0 spiro atoms. The van der Waals surface area contributed by atoms with Gasteiger partial charge in [0.05, 0.1) is 22.9 Å². The molecule has 0 saturated carbocycles. The summed E-state index contributed by atoms with van der Waals surface area (Å²) in [5.41, 5.74) is 2.50. The zero-order chi connectivity index (χ0) is 21.5. The van der Waals surface area contributed by atoms with Crippen molar-refractivity contribution in [3.8, 4) is 0 Å². The van der Waals surface area contributed by atoms with Gasteiger partial charge in [-0.25, -0.2) is 8.42 Å². The van der Waals surface area contributed by atoms with Crippen LogP contribution >= 0.6 is 0 Å². The molecule has 2 aromatic carbocycles. The van der Waals surface area contributed by atoms with E-state index >= 15 is 0 Å². The molecule has 3 rings (SSSR count). The Kier molecular flexibility index (Phi) is 5.36. The summed E-state index contributed by atoms with van der Waals surface area (Å²) in [4.78, 5) is 25.1. The Morgan fingerprint density at radius 2 is 1.97 bits per heavy atom. The second-order valence-electron chi connectivity index (χ2n) is 7.40. The normalized spacial score (nSPS) is 17.0. The maximum Gasteiger partial charge on any atom is 0.269 e. The SMILES string of the molecule is CC(c1cccc([N+](=O)[O-])c1)N(C)C(=O)c1ccc2c(c1)CC(C)N2S(C)(=O)=O. The van der Waals surface area contributed by atoms with E-state index in [4.69, 9.17) is 0 Å². The van der Waals surface area contributed by atoms with Gasteiger partial charge in [0.25, 0.3) is 11.6 Å². The van der Waals surface area contributed by atoms with Crippen molar-refractivity contribution in [1.82, 2.24) is 4.90 Å². The summed E-state index contributed by atoms with van der Waals surface area (Å²) >= 11 is 0. The molecule has 9 heteroatoms. The number of carbonyl (C=O) groups excluding carboxylic acids is 1. The quantitative estimate of drug-likeness (QED) is 0.549. The van der Waals surface area contributed by atoms with Crippen molar-refractivity contribution in [3.63, 3.8) is 0 Å². The molecule has 0 fully saturated rings. The predicted molar refractivity (Wildman–Crippen MR) is 111 cm³/mol. The molecule has 2 unspecified atom stereocenters. The summed E-state index contributed by atoms with van der Waals surface area (Å²) in [7, 11) is -1.75. The zero-order valence-corrected chi connectivity index (χ0v) is 17.5. The van der Waals surface area contributed by atoms with Crippen molar-refractivity contribution >= 4 is 27.3 Å². The van der Waals surface area contributed by atoms with Gasteiger partial charge in [-0.05, 0) is 49.6 Å². The summed E-state index contributed by atoms with van der Waals surface area (Å²) in [5.74, 6) is -0.239. The Morgan fingerprint density at radius 1 is 1.28 bits per heavy atom. The molecule has 1 amide bonds. The fraction of sp³-hybridized carbons (Fsp3) is 0.350. The number of hydrogen-bond acceptors (Lipinski definition) is 5. The van der Waals surface area contributed by atoms with Crippen molar-refractivity contribution in [3.05, 3.63) is 69.3 Å². The third-order valence-electron chi connectivity index (χ3n) is 5.30. The Hall–Kier alpha value is -2.94. The Morgan fingerprint density at radius 3 is 2.59 bits per heavy atom. The fourth-order valence-electron chi connectivity index (χ4n) is 3.74. The minimum atomic E-state index is -3.39. The molecule has 0 bridgehead atoms. The van der Waals surface area contributed by atoms with Gasteiger partial charge in [0.2, 0.25) is 10.0 Å². The molecule has 0 aromatic heterocycles. The van der Waals surface area contributed by atoms with Crippen molar-refractivity contribution in [1.29, 1.82) is 0 Å². The van der Waals surface area contributed by atoms with Crippen LogP contribution in [0.4, 0.5) is 11.4 Å². The second-order valence-corrected chi connectivity index (χ2v) is 9.26. The maximum absolute atomic E-state index is 13.0. The molecular weight excluding hydrogens is 394 g/mol. The van der Waals surface area contributed by atoms with Crippen LogP contribution in [0, 0.1) is 10.1 Å². The van der Waals surface area contributed by atoms with Crippen molar-refractivity contribution < 1.29 is 18.1 Å². The highest BCUT2D eigenvalue weighted by atomic mass is 32.2. The molecule has 29 heavy (non-hydrogen) atoms. The number of rotatable bonds is 5. The summed E-state index contributed by atoms with van der Waals surface area (Å²) in [6.07, 6.45) is 1.71. The first-order valence-corrected chi connectivity index (χ1v) is 11.0. The third-order valence-corrected chi connectivity index (χ3v) is 6.57. The molecule has 1 aliphatic heterocycles. The van der Waals surface area contributed by atoms with Gasteiger partial charge >= 0.3 is 0 Å². The Labute approximate surface area is 169 Å². The van der Waals surface area contributed by atoms with E-state index in [-0.39, 0.29) is 23.7 Å². The van der Waals surface area contributed by atoms with Gasteiger partial charge in [-0.15, -0.1) is 0 Å². The first kappa shape index (κ1) is 20.8. The highest BCUT2D eigenvalue weighted by Gasteiger charge is 2.33. The Bertz CT molecular complexity index is 1080. The van der Waals surface area contributed by atoms with Crippen molar-refractivity contribution in [2.45, 2.75) is 32.4 Å². The number of carbonyl (C=O) groups is 1. The summed E-state index contributed by atoms with van der Waals surface area (Å²) in [6.45, 7) is 3.64. The van der Waals surface area contributed by atoms with Gasteiger partial charge in [-0.3, -0.25) is 19.2 Å². The van der Waals surface area contributed by atoms with E-state index in [9.17, 15) is 23.3 Å². The monoisotopic (exact) mass is 417 g/mol. The Balaban J connectivity index is 1.87. The van der Waals surface area contributed by atoms with Crippen LogP contribution in [0.5, 0.6) is 0 Å². The fourth-order valence-corrected chi connectivity index (χ4v) is 5.01. The minimum absolute atomic E-state index is 0.0254. The lowest BCUT2D eigenvalue weighted by Gasteiger charge is -2.26. The van der Waals surface area contributed by atoms with Crippen LogP contribution < -0.4 is 4.31 Å². The minimum Gasteiger partial charge on any atom is -0.335 e. The van der Waals surface area contributed by atoms with Crippen LogP contribution in [-0.2, 0) is 16.4 Å². The number of amides is 1. The van der Waals surface area contributed by atoms with Crippen molar-refractivity contribution in [2.24, 2.45) is 0 Å². The van der Waals surface area contributed by atoms with Crippen LogP contribution in [-0.4, -0.2) is 43.5 Å². The number of fused-ring (bicyclic) bond motifs is 1. The molecule has 2 aromatic rings. The smallest absolute Gasteiger partial charge is 0.269 e. The summed E-state index contributed by atoms with van der Waals surface area (Å²) in [5, 5.41) is 11.0. The van der Waals surface area contributed by atoms with E-state index in [2.05, 4.69) is 0 Å². The highest BCUT2D eigenvalue weighted by molar-refractivity contribution is 7.92. The predicted octanol–water partition coefficient (Wildman–Crippen LogP) is 3.14. The van der Waals surface area contributed by atoms with E-state index in [1.165, 1.54) is 27.6 Å². The lowest BCUT2D eigenvalue weighted by Crippen LogP contribution is -2.34. The molecule has 8 nitrogen and oxygen atoms in total. The lowest BCUT2D eigenvalue weighted by atomic mass is 10.0. The number of anilines is 1. The molecule has 0 aliphatic carbocycles. The molecule has 2 atom stereocenters. The number of non-ortho nitro benzene ring substituents is 1. The standard InChI is InChI=1S/C20H23N3O5S/c1-13-10-17-11-16(8-9-19(17)22(13)29(4,27)28)20(24)21(3)14(2)15-6-5-7-18(12-15)23(25)26/h5-9,11-14H,10H2,1-4H3. The van der Waals surface area contributed by atoms with Crippen LogP contribution in [0.25, 0.3) is 0 Å². The topological polar surface area (TPSA) is 101 Å². The van der Waals surface area contributed by atoms with Crippen LogP contribution in [0.2, 0.25) is 0 Å². The molecule has 0 saturated heterocycles. The molecular formula is C20H23N3O5S. The third kappa shape index (κ3) is 3.95. The number of nitro benzene ring substituents is 1. The number of nitro groups is 1. The average molecular weight is 417 g/mol. The molecule has 1 aliphatic rings. The van der Waals surface area contributed by atoms with Gasteiger partial charge < -0.3 is 4.90 Å². The summed E-state index contributed by atoms with van der Waals surface area (Å²) in [6, 6.07) is 10.7. The molecule has 0 radical (unpaired) electrons. The number of sulfonamides is 1. The van der Waals surface area contributed by atoms with Gasteiger partial charge in [-0.1, -0.05) is 12.1 Å². The molecule has 0 N–H and O–H groups in total. The van der Waals surface area contributed by atoms with E-state index in [1.54, 1.807) is 44.3 Å². The van der Waals surface area contributed by atoms with E-state index in [0.717, 1.165) is 5.56 Å². The van der Waals surface area contributed by atoms with Gasteiger partial charge in [0.15, 0.2) is 0 Å². The van der Waals surface area contributed by atoms with Crippen molar-refractivity contribution in [2.75, 3.05) is 17.6 Å². The van der Waals surface area contributed by atoms with Gasteiger partial charge in [0.1, 0.15) is 0 Å². The van der Waals surface area contributed by atoms with E-state index in [1.807, 2.05) is 6.92 Å². The average Bonchev–Trinajstić information content (AvgIpc) is 3.01. The van der Waals surface area contributed by atoms with Gasteiger partial charge in [-0.2, -0.15) is 0 Å². The number of nitrogens with zero attached hydrogens (tertiary/aromatic N) is 3. The van der Waals surface area contributed by atoms with E-state index < -0.39 is 14.9 Å². The highest BCUT2D eigenvalue weighted by Crippen LogP contribution is 2.35. The van der Waals surface area contributed by atoms with Crippen LogP contribution in [0.3, 0.4) is 0 Å². The lowest BCUT2D eigenvalue weighted by molar-refractivity contribution is -0.384. The van der Waals surface area contributed by atoms with Crippen LogP contribution in [0.15, 0.2) is 42.5 Å². The molecule has 1 heterocycles. The maximum atomic E-state index is 13.0.